The van der Waals surface area contributed by atoms with Crippen LogP contribution in [0.15, 0.2) is 35.3 Å². The van der Waals surface area contributed by atoms with E-state index >= 15 is 0 Å². The first-order valence-electron chi connectivity index (χ1n) is 3.38. The van der Waals surface area contributed by atoms with Crippen LogP contribution in [-0.4, -0.2) is 13.3 Å². The molecule has 0 N–H and O–H groups in total. The summed E-state index contributed by atoms with van der Waals surface area (Å²) < 4.78 is 0. The zero-order chi connectivity index (χ0) is 7.23. The fourth-order valence-electron chi connectivity index (χ4n) is 0.811. The average molecular weight is 133 g/mol. The maximum Gasteiger partial charge on any atom is 0.0273 e. The molecular weight excluding hydrogens is 122 g/mol. The highest BCUT2D eigenvalue weighted by atomic mass is 14.6. The summed E-state index contributed by atoms with van der Waals surface area (Å²) >= 11 is 0. The number of nitrogens with zero attached hydrogens (tertiary/aromatic N) is 1. The van der Waals surface area contributed by atoms with Crippen molar-refractivity contribution in [2.24, 2.45) is 4.99 Å². The van der Waals surface area contributed by atoms with Crippen LogP contribution >= 0.6 is 0 Å². The SMILES string of the molecule is CN=CCc1ccccc1. The highest BCUT2D eigenvalue weighted by Gasteiger charge is 1.83. The summed E-state index contributed by atoms with van der Waals surface area (Å²) in [5.74, 6) is 0. The van der Waals surface area contributed by atoms with E-state index in [-0.39, 0.29) is 0 Å². The predicted octanol–water partition coefficient (Wildman–Crippen LogP) is 1.93. The van der Waals surface area contributed by atoms with Gasteiger partial charge in [0.15, 0.2) is 0 Å². The summed E-state index contributed by atoms with van der Waals surface area (Å²) in [4.78, 5) is 3.91. The molecule has 10 heavy (non-hydrogen) atoms. The fourth-order valence-corrected chi connectivity index (χ4v) is 0.811. The Hall–Kier alpha value is -1.11. The van der Waals surface area contributed by atoms with E-state index < -0.39 is 0 Å². The quantitative estimate of drug-likeness (QED) is 0.547. The van der Waals surface area contributed by atoms with E-state index in [4.69, 9.17) is 0 Å². The van der Waals surface area contributed by atoms with Gasteiger partial charge in [-0.1, -0.05) is 30.3 Å². The van der Waals surface area contributed by atoms with Gasteiger partial charge in [-0.05, 0) is 5.56 Å². The van der Waals surface area contributed by atoms with Gasteiger partial charge in [-0.3, -0.25) is 0 Å². The Morgan fingerprint density at radius 3 is 2.60 bits per heavy atom. The molecule has 0 aliphatic heterocycles. The zero-order valence-corrected chi connectivity index (χ0v) is 6.12. The van der Waals surface area contributed by atoms with Crippen molar-refractivity contribution in [3.8, 4) is 0 Å². The van der Waals surface area contributed by atoms with Crippen LogP contribution in [-0.2, 0) is 6.42 Å². The molecule has 0 radical (unpaired) electrons. The molecule has 1 aromatic rings. The molecular formula is C9H11N. The summed E-state index contributed by atoms with van der Waals surface area (Å²) in [6.45, 7) is 0. The Kier molecular flexibility index (Phi) is 2.68. The summed E-state index contributed by atoms with van der Waals surface area (Å²) in [6, 6.07) is 10.3. The van der Waals surface area contributed by atoms with Gasteiger partial charge in [0.1, 0.15) is 0 Å². The first-order valence-corrected chi connectivity index (χ1v) is 3.38. The number of hydrogen-bond acceptors (Lipinski definition) is 1. The van der Waals surface area contributed by atoms with Crippen molar-refractivity contribution in [2.75, 3.05) is 7.05 Å². The molecule has 0 aromatic heterocycles. The molecule has 0 unspecified atom stereocenters. The van der Waals surface area contributed by atoms with Crippen molar-refractivity contribution in [2.45, 2.75) is 6.42 Å². The second-order valence-electron chi connectivity index (χ2n) is 2.13. The van der Waals surface area contributed by atoms with E-state index in [0.717, 1.165) is 6.42 Å². The van der Waals surface area contributed by atoms with Crippen molar-refractivity contribution < 1.29 is 0 Å². The van der Waals surface area contributed by atoms with E-state index in [9.17, 15) is 0 Å². The van der Waals surface area contributed by atoms with Crippen molar-refractivity contribution in [3.05, 3.63) is 35.9 Å². The molecule has 0 amide bonds. The standard InChI is InChI=1S/C9H11N/c1-10-8-7-9-5-3-2-4-6-9/h2-6,8H,7H2,1H3. The molecule has 0 atom stereocenters. The molecule has 1 heteroatoms. The third-order valence-electron chi connectivity index (χ3n) is 1.35. The van der Waals surface area contributed by atoms with Crippen molar-refractivity contribution in [1.82, 2.24) is 0 Å². The van der Waals surface area contributed by atoms with Crippen molar-refractivity contribution >= 4 is 6.21 Å². The van der Waals surface area contributed by atoms with Gasteiger partial charge < -0.3 is 4.99 Å². The van der Waals surface area contributed by atoms with Crippen molar-refractivity contribution in [1.29, 1.82) is 0 Å². The lowest BCUT2D eigenvalue weighted by Gasteiger charge is -1.91. The topological polar surface area (TPSA) is 12.4 Å². The van der Waals surface area contributed by atoms with Crippen LogP contribution in [0.4, 0.5) is 0 Å². The van der Waals surface area contributed by atoms with Gasteiger partial charge in [0.2, 0.25) is 0 Å². The van der Waals surface area contributed by atoms with Crippen LogP contribution in [0, 0.1) is 0 Å². The Balaban J connectivity index is 2.59. The van der Waals surface area contributed by atoms with E-state index in [1.54, 1.807) is 7.05 Å². The van der Waals surface area contributed by atoms with Crippen LogP contribution in [0.1, 0.15) is 5.56 Å². The molecule has 0 spiro atoms. The van der Waals surface area contributed by atoms with Crippen LogP contribution in [0.25, 0.3) is 0 Å². The van der Waals surface area contributed by atoms with Gasteiger partial charge in [-0.15, -0.1) is 0 Å². The summed E-state index contributed by atoms with van der Waals surface area (Å²) in [5, 5.41) is 0. The molecule has 0 aliphatic carbocycles. The Labute approximate surface area is 61.4 Å². The molecule has 0 saturated carbocycles. The zero-order valence-electron chi connectivity index (χ0n) is 6.12. The van der Waals surface area contributed by atoms with Crippen LogP contribution < -0.4 is 0 Å². The molecule has 0 bridgehead atoms. The second kappa shape index (κ2) is 3.83. The molecule has 1 rings (SSSR count). The molecule has 0 heterocycles. The van der Waals surface area contributed by atoms with Gasteiger partial charge in [0.25, 0.3) is 0 Å². The third kappa shape index (κ3) is 2.02. The first kappa shape index (κ1) is 7.00. The van der Waals surface area contributed by atoms with E-state index in [1.807, 2.05) is 24.4 Å². The molecule has 1 aromatic carbocycles. The van der Waals surface area contributed by atoms with E-state index in [2.05, 4.69) is 17.1 Å². The molecule has 52 valence electrons. The first-order chi connectivity index (χ1) is 4.93. The lowest BCUT2D eigenvalue weighted by molar-refractivity contribution is 1.32. The van der Waals surface area contributed by atoms with Crippen LogP contribution in [0.2, 0.25) is 0 Å². The van der Waals surface area contributed by atoms with Crippen molar-refractivity contribution in [3.63, 3.8) is 0 Å². The van der Waals surface area contributed by atoms with Gasteiger partial charge in [-0.25, -0.2) is 0 Å². The highest BCUT2D eigenvalue weighted by molar-refractivity contribution is 5.61. The summed E-state index contributed by atoms with van der Waals surface area (Å²) in [5.41, 5.74) is 1.31. The van der Waals surface area contributed by atoms with Gasteiger partial charge in [-0.2, -0.15) is 0 Å². The minimum Gasteiger partial charge on any atom is -0.301 e. The molecule has 1 nitrogen and oxygen atoms in total. The fraction of sp³-hybridized carbons (Fsp3) is 0.222. The summed E-state index contributed by atoms with van der Waals surface area (Å²) in [6.07, 6.45) is 2.85. The predicted molar refractivity (Wildman–Crippen MR) is 44.6 cm³/mol. The van der Waals surface area contributed by atoms with Gasteiger partial charge >= 0.3 is 0 Å². The van der Waals surface area contributed by atoms with Gasteiger partial charge in [0, 0.05) is 19.7 Å². The monoisotopic (exact) mass is 133 g/mol. The van der Waals surface area contributed by atoms with E-state index in [1.165, 1.54) is 5.56 Å². The highest BCUT2D eigenvalue weighted by Crippen LogP contribution is 1.96. The molecule has 0 aliphatic rings. The second-order valence-corrected chi connectivity index (χ2v) is 2.13. The Bertz CT molecular complexity index is 201. The number of hydrogen-bond donors (Lipinski definition) is 0. The number of benzene rings is 1. The average Bonchev–Trinajstić information content (AvgIpc) is 2.03. The maximum absolute atomic E-state index is 3.91. The Morgan fingerprint density at radius 2 is 2.00 bits per heavy atom. The smallest absolute Gasteiger partial charge is 0.0273 e. The van der Waals surface area contributed by atoms with Gasteiger partial charge in [0.05, 0.1) is 0 Å². The summed E-state index contributed by atoms with van der Waals surface area (Å²) in [7, 11) is 1.79. The molecule has 0 fully saturated rings. The minimum absolute atomic E-state index is 0.942. The number of rotatable bonds is 2. The Morgan fingerprint density at radius 1 is 1.30 bits per heavy atom. The minimum atomic E-state index is 0.942. The maximum atomic E-state index is 3.91. The number of aliphatic imine (C=N–C) groups is 1. The van der Waals surface area contributed by atoms with Crippen LogP contribution in [0.5, 0.6) is 0 Å². The lowest BCUT2D eigenvalue weighted by Crippen LogP contribution is -1.83. The third-order valence-corrected chi connectivity index (χ3v) is 1.35. The van der Waals surface area contributed by atoms with E-state index in [0.29, 0.717) is 0 Å². The largest absolute Gasteiger partial charge is 0.301 e. The lowest BCUT2D eigenvalue weighted by atomic mass is 10.2. The normalized spacial score (nSPS) is 10.5. The van der Waals surface area contributed by atoms with Crippen LogP contribution in [0.3, 0.4) is 0 Å². The molecule has 0 saturated heterocycles.